The number of hydrogen-bond donors (Lipinski definition) is 1. The predicted molar refractivity (Wildman–Crippen MR) is 74.4 cm³/mol. The van der Waals surface area contributed by atoms with Crippen LogP contribution in [0.3, 0.4) is 0 Å². The van der Waals surface area contributed by atoms with E-state index in [4.69, 9.17) is 10.5 Å². The molecule has 0 aliphatic carbocycles. The van der Waals surface area contributed by atoms with E-state index < -0.39 is 0 Å². The molecule has 0 unspecified atom stereocenters. The summed E-state index contributed by atoms with van der Waals surface area (Å²) >= 11 is 0. The van der Waals surface area contributed by atoms with Gasteiger partial charge in [-0.25, -0.2) is 0 Å². The number of para-hydroxylation sites is 2. The third kappa shape index (κ3) is 2.49. The Bertz CT molecular complexity index is 599. The number of hydrogen-bond acceptors (Lipinski definition) is 4. The highest BCUT2D eigenvalue weighted by Crippen LogP contribution is 2.25. The molecule has 2 N–H and O–H groups in total. The molecule has 0 saturated heterocycles. The summed E-state index contributed by atoms with van der Waals surface area (Å²) in [7, 11) is 3.18. The molecule has 1 aromatic heterocycles. The van der Waals surface area contributed by atoms with Gasteiger partial charge in [0.2, 0.25) is 0 Å². The summed E-state index contributed by atoms with van der Waals surface area (Å²) in [5, 5.41) is 0. The minimum absolute atomic E-state index is 0.197. The van der Waals surface area contributed by atoms with Crippen molar-refractivity contribution in [2.45, 2.75) is 0 Å². The number of pyridine rings is 1. The Balaban J connectivity index is 2.37. The van der Waals surface area contributed by atoms with Gasteiger partial charge in [-0.1, -0.05) is 12.1 Å². The number of nitrogen functional groups attached to an aromatic ring is 1. The van der Waals surface area contributed by atoms with Crippen LogP contribution in [0.5, 0.6) is 5.75 Å². The molecule has 1 heterocycles. The van der Waals surface area contributed by atoms with Gasteiger partial charge in [0, 0.05) is 13.2 Å². The van der Waals surface area contributed by atoms with Crippen LogP contribution in [-0.4, -0.2) is 25.0 Å². The number of anilines is 2. The van der Waals surface area contributed by atoms with Gasteiger partial charge in [-0.15, -0.1) is 0 Å². The van der Waals surface area contributed by atoms with Crippen molar-refractivity contribution in [3.63, 3.8) is 0 Å². The number of ether oxygens (including phenoxy) is 1. The fraction of sp³-hybridized carbons (Fsp3) is 0.143. The minimum Gasteiger partial charge on any atom is -0.494 e. The van der Waals surface area contributed by atoms with Gasteiger partial charge < -0.3 is 15.4 Å². The quantitative estimate of drug-likeness (QED) is 0.853. The lowest BCUT2D eigenvalue weighted by Gasteiger charge is -2.20. The fourth-order valence-corrected chi connectivity index (χ4v) is 1.80. The summed E-state index contributed by atoms with van der Waals surface area (Å²) in [5.41, 5.74) is 7.52. The topological polar surface area (TPSA) is 68.5 Å². The van der Waals surface area contributed by atoms with Crippen molar-refractivity contribution in [2.24, 2.45) is 0 Å². The molecule has 98 valence electrons. The van der Waals surface area contributed by atoms with Crippen LogP contribution in [0.4, 0.5) is 11.4 Å². The van der Waals surface area contributed by atoms with Crippen LogP contribution in [0.1, 0.15) is 10.4 Å². The first-order chi connectivity index (χ1) is 9.15. The molecule has 2 rings (SSSR count). The average Bonchev–Trinajstić information content (AvgIpc) is 2.46. The largest absolute Gasteiger partial charge is 0.494 e. The zero-order chi connectivity index (χ0) is 13.8. The number of aromatic nitrogens is 1. The third-order valence-corrected chi connectivity index (χ3v) is 2.84. The van der Waals surface area contributed by atoms with Gasteiger partial charge in [-0.2, -0.15) is 0 Å². The molecule has 0 radical (unpaired) electrons. The summed E-state index contributed by atoms with van der Waals surface area (Å²) in [6.07, 6.45) is 3.06. The minimum atomic E-state index is -0.197. The molecule has 1 aromatic carbocycles. The van der Waals surface area contributed by atoms with Gasteiger partial charge in [0.05, 0.1) is 30.2 Å². The fourth-order valence-electron chi connectivity index (χ4n) is 1.80. The number of carbonyl (C=O) groups is 1. The highest BCUT2D eigenvalue weighted by Gasteiger charge is 2.18. The van der Waals surface area contributed by atoms with Crippen LogP contribution in [0, 0.1) is 0 Å². The van der Waals surface area contributed by atoms with E-state index in [0.29, 0.717) is 22.7 Å². The lowest BCUT2D eigenvalue weighted by molar-refractivity contribution is 0.0990. The molecule has 0 atom stereocenters. The maximum Gasteiger partial charge on any atom is 0.261 e. The van der Waals surface area contributed by atoms with Gasteiger partial charge in [0.1, 0.15) is 5.75 Å². The van der Waals surface area contributed by atoms with Gasteiger partial charge in [0.25, 0.3) is 5.91 Å². The number of nitrogens with two attached hydrogens (primary N) is 1. The average molecular weight is 257 g/mol. The van der Waals surface area contributed by atoms with E-state index >= 15 is 0 Å². The van der Waals surface area contributed by atoms with E-state index in [1.165, 1.54) is 18.2 Å². The maximum atomic E-state index is 12.4. The summed E-state index contributed by atoms with van der Waals surface area (Å²) in [4.78, 5) is 17.9. The highest BCUT2D eigenvalue weighted by atomic mass is 16.5. The third-order valence-electron chi connectivity index (χ3n) is 2.84. The second kappa shape index (κ2) is 5.39. The molecule has 1 amide bonds. The predicted octanol–water partition coefficient (Wildman–Crippen LogP) is 1.95. The second-order valence-electron chi connectivity index (χ2n) is 4.00. The van der Waals surface area contributed by atoms with Crippen molar-refractivity contribution in [3.05, 3.63) is 48.3 Å². The first-order valence-electron chi connectivity index (χ1n) is 5.75. The molecule has 0 fully saturated rings. The molecule has 0 aliphatic rings. The maximum absolute atomic E-state index is 12.4. The Labute approximate surface area is 111 Å². The van der Waals surface area contributed by atoms with Gasteiger partial charge in [0.15, 0.2) is 0 Å². The molecule has 0 bridgehead atoms. The van der Waals surface area contributed by atoms with Gasteiger partial charge in [-0.3, -0.25) is 9.78 Å². The normalized spacial score (nSPS) is 10.0. The summed E-state index contributed by atoms with van der Waals surface area (Å²) in [6.45, 7) is 0. The smallest absolute Gasteiger partial charge is 0.261 e. The first-order valence-corrected chi connectivity index (χ1v) is 5.75. The van der Waals surface area contributed by atoms with Gasteiger partial charge >= 0.3 is 0 Å². The highest BCUT2D eigenvalue weighted by molar-refractivity contribution is 6.08. The number of benzene rings is 1. The van der Waals surface area contributed by atoms with Crippen molar-refractivity contribution >= 4 is 17.3 Å². The van der Waals surface area contributed by atoms with Crippen molar-refractivity contribution in [1.82, 2.24) is 4.98 Å². The molecule has 0 saturated carbocycles. The monoisotopic (exact) mass is 257 g/mol. The molecule has 2 aromatic rings. The number of carbonyl (C=O) groups excluding carboxylic acids is 1. The summed E-state index contributed by atoms with van der Waals surface area (Å²) in [6, 6.07) is 8.82. The molecular weight excluding hydrogens is 242 g/mol. The van der Waals surface area contributed by atoms with Crippen LogP contribution in [0.15, 0.2) is 42.7 Å². The lowest BCUT2D eigenvalue weighted by Crippen LogP contribution is -2.27. The van der Waals surface area contributed by atoms with Crippen molar-refractivity contribution < 1.29 is 9.53 Å². The van der Waals surface area contributed by atoms with E-state index in [2.05, 4.69) is 4.98 Å². The molecule has 0 aliphatic heterocycles. The van der Waals surface area contributed by atoms with Crippen molar-refractivity contribution in [3.8, 4) is 5.75 Å². The standard InChI is InChI=1S/C14H15N3O2/c1-17(12-6-4-3-5-11(12)15)14(18)10-7-8-16-9-13(10)19-2/h3-9H,15H2,1-2H3. The zero-order valence-electron chi connectivity index (χ0n) is 10.8. The van der Waals surface area contributed by atoms with E-state index in [-0.39, 0.29) is 5.91 Å². The Kier molecular flexibility index (Phi) is 3.66. The van der Waals surface area contributed by atoms with Crippen molar-refractivity contribution in [2.75, 3.05) is 24.8 Å². The van der Waals surface area contributed by atoms with Crippen LogP contribution in [-0.2, 0) is 0 Å². The van der Waals surface area contributed by atoms with Crippen LogP contribution in [0.25, 0.3) is 0 Å². The Morgan fingerprint density at radius 2 is 2.05 bits per heavy atom. The van der Waals surface area contributed by atoms with E-state index in [1.807, 2.05) is 12.1 Å². The lowest BCUT2D eigenvalue weighted by atomic mass is 10.2. The van der Waals surface area contributed by atoms with Crippen LogP contribution < -0.4 is 15.4 Å². The van der Waals surface area contributed by atoms with E-state index in [0.717, 1.165) is 0 Å². The summed E-state index contributed by atoms with van der Waals surface area (Å²) < 4.78 is 5.14. The van der Waals surface area contributed by atoms with E-state index in [9.17, 15) is 4.79 Å². The second-order valence-corrected chi connectivity index (χ2v) is 4.00. The summed E-state index contributed by atoms with van der Waals surface area (Å²) in [5.74, 6) is 0.242. The Hall–Kier alpha value is -2.56. The number of rotatable bonds is 3. The van der Waals surface area contributed by atoms with Gasteiger partial charge in [-0.05, 0) is 18.2 Å². The van der Waals surface area contributed by atoms with Crippen LogP contribution >= 0.6 is 0 Å². The molecule has 19 heavy (non-hydrogen) atoms. The van der Waals surface area contributed by atoms with E-state index in [1.54, 1.807) is 31.4 Å². The molecular formula is C14H15N3O2. The molecule has 0 spiro atoms. The Morgan fingerprint density at radius 1 is 1.32 bits per heavy atom. The van der Waals surface area contributed by atoms with Crippen LogP contribution in [0.2, 0.25) is 0 Å². The SMILES string of the molecule is COc1cnccc1C(=O)N(C)c1ccccc1N. The number of nitrogens with zero attached hydrogens (tertiary/aromatic N) is 2. The number of methoxy groups -OCH3 is 1. The number of amides is 1. The van der Waals surface area contributed by atoms with Crippen molar-refractivity contribution in [1.29, 1.82) is 0 Å². The molecule has 5 nitrogen and oxygen atoms in total. The Morgan fingerprint density at radius 3 is 2.74 bits per heavy atom. The first kappa shape index (κ1) is 12.9. The zero-order valence-corrected chi connectivity index (χ0v) is 10.8. The molecule has 5 heteroatoms.